The molecule has 2 aromatic rings. The maximum atomic E-state index is 12.9. The molecule has 2 radical (unpaired) electrons. The van der Waals surface area contributed by atoms with Crippen LogP contribution in [0.5, 0.6) is 0 Å². The molecule has 3 N–H and O–H groups in total. The number of carboxylic acids is 1. The number of nitrogens with one attached hydrogen (secondary N) is 2. The van der Waals surface area contributed by atoms with E-state index in [2.05, 4.69) is 38.7 Å². The summed E-state index contributed by atoms with van der Waals surface area (Å²) >= 11 is 3.45. The second-order valence-corrected chi connectivity index (χ2v) is 9.61. The lowest BCUT2D eigenvalue weighted by molar-refractivity contribution is -0.137. The van der Waals surface area contributed by atoms with Gasteiger partial charge in [-0.3, -0.25) is 4.79 Å². The van der Waals surface area contributed by atoms with Crippen molar-refractivity contribution in [3.63, 3.8) is 0 Å². The average molecular weight is 511 g/mol. The molecule has 3 heterocycles. The molecule has 0 bridgehead atoms. The zero-order valence-corrected chi connectivity index (χ0v) is 20.2. The first-order valence-corrected chi connectivity index (χ1v) is 12.2. The lowest BCUT2D eigenvalue weighted by atomic mass is 9.85. The van der Waals surface area contributed by atoms with E-state index in [0.717, 1.165) is 59.3 Å². The molecule has 0 saturated carbocycles. The number of anilines is 1. The van der Waals surface area contributed by atoms with E-state index >= 15 is 0 Å². The van der Waals surface area contributed by atoms with Crippen LogP contribution < -0.4 is 16.1 Å². The number of aliphatic carboxylic acids is 1. The Kier molecular flexibility index (Phi) is 7.58. The van der Waals surface area contributed by atoms with Crippen LogP contribution in [0.15, 0.2) is 28.7 Å². The third kappa shape index (κ3) is 5.88. The van der Waals surface area contributed by atoms with Gasteiger partial charge in [0.1, 0.15) is 13.7 Å². The summed E-state index contributed by atoms with van der Waals surface area (Å²) in [7, 11) is 6.05. The maximum Gasteiger partial charge on any atom is 0.317 e. The predicted molar refractivity (Wildman–Crippen MR) is 132 cm³/mol. The zero-order valence-electron chi connectivity index (χ0n) is 18.6. The number of halogens is 1. The normalized spacial score (nSPS) is 17.4. The van der Waals surface area contributed by atoms with E-state index in [1.807, 2.05) is 12.1 Å². The fourth-order valence-electron chi connectivity index (χ4n) is 4.60. The van der Waals surface area contributed by atoms with Crippen molar-refractivity contribution < 1.29 is 14.7 Å². The van der Waals surface area contributed by atoms with E-state index in [4.69, 9.17) is 12.8 Å². The van der Waals surface area contributed by atoms with Crippen LogP contribution in [0.4, 0.5) is 10.6 Å². The Morgan fingerprint density at radius 3 is 2.97 bits per heavy atom. The van der Waals surface area contributed by atoms with Crippen LogP contribution in [0, 0.1) is 0 Å². The molecule has 0 saturated heterocycles. The number of hydrogen-bond acceptors (Lipinski definition) is 4. The Balaban J connectivity index is 1.34. The van der Waals surface area contributed by atoms with E-state index in [-0.39, 0.29) is 18.4 Å². The number of carbonyl (C=O) groups excluding carboxylic acids is 1. The Bertz CT molecular complexity index is 1050. The van der Waals surface area contributed by atoms with Gasteiger partial charge >= 0.3 is 12.0 Å². The Hall–Kier alpha value is -2.55. The number of nitrogens with zero attached hydrogens (tertiary/aromatic N) is 2. The Morgan fingerprint density at radius 1 is 1.30 bits per heavy atom. The molecule has 33 heavy (non-hydrogen) atoms. The summed E-state index contributed by atoms with van der Waals surface area (Å²) in [6, 6.07) is 7.83. The first-order chi connectivity index (χ1) is 15.9. The molecule has 1 atom stereocenters. The first-order valence-electron chi connectivity index (χ1n) is 11.5. The second-order valence-electron chi connectivity index (χ2n) is 8.75. The monoisotopic (exact) mass is 510 g/mol. The number of pyridine rings is 1. The van der Waals surface area contributed by atoms with Gasteiger partial charge in [-0.2, -0.15) is 0 Å². The van der Waals surface area contributed by atoms with Crippen molar-refractivity contribution in [1.29, 1.82) is 0 Å². The molecule has 9 heteroatoms. The van der Waals surface area contributed by atoms with Crippen molar-refractivity contribution >= 4 is 47.1 Å². The summed E-state index contributed by atoms with van der Waals surface area (Å²) in [4.78, 5) is 30.7. The van der Waals surface area contributed by atoms with Gasteiger partial charge in [-0.15, -0.1) is 0 Å². The smallest absolute Gasteiger partial charge is 0.317 e. The third-order valence-corrected chi connectivity index (χ3v) is 7.04. The summed E-state index contributed by atoms with van der Waals surface area (Å²) in [6.07, 6.45) is 4.41. The van der Waals surface area contributed by atoms with Crippen molar-refractivity contribution in [2.75, 3.05) is 25.0 Å². The van der Waals surface area contributed by atoms with Crippen molar-refractivity contribution in [2.45, 2.75) is 51.0 Å². The van der Waals surface area contributed by atoms with Gasteiger partial charge < -0.3 is 20.6 Å². The maximum absolute atomic E-state index is 12.9. The molecule has 0 spiro atoms. The largest absolute Gasteiger partial charge is 0.481 e. The van der Waals surface area contributed by atoms with Gasteiger partial charge in [-0.1, -0.05) is 33.5 Å². The van der Waals surface area contributed by atoms with E-state index in [9.17, 15) is 14.7 Å². The van der Waals surface area contributed by atoms with Gasteiger partial charge in [0.2, 0.25) is 0 Å². The van der Waals surface area contributed by atoms with Gasteiger partial charge in [-0.05, 0) is 66.8 Å². The van der Waals surface area contributed by atoms with Crippen LogP contribution >= 0.6 is 15.9 Å². The van der Waals surface area contributed by atoms with Crippen LogP contribution in [0.1, 0.15) is 54.0 Å². The minimum Gasteiger partial charge on any atom is -0.481 e. The quantitative estimate of drug-likeness (QED) is 0.410. The molecule has 2 aliphatic heterocycles. The highest BCUT2D eigenvalue weighted by atomic mass is 79.9. The standard InChI is InChI=1S/C24H28BBrN4O3/c25-20-13-19-16(12-22(31)32)7-10-30(14-17(19)11-21(20)26)24(33)28-9-2-4-18-6-5-15-3-1-8-27-23(15)29-18/h5-6,11,13,16H,1-4,7-10,12,14H2,(H,27,29)(H,28,33)(H,31,32). The highest BCUT2D eigenvalue weighted by Crippen LogP contribution is 2.32. The Morgan fingerprint density at radius 2 is 2.15 bits per heavy atom. The molecule has 1 unspecified atom stereocenters. The summed E-state index contributed by atoms with van der Waals surface area (Å²) in [6.45, 7) is 2.44. The molecule has 7 nitrogen and oxygen atoms in total. The van der Waals surface area contributed by atoms with Gasteiger partial charge in [0.25, 0.3) is 0 Å². The van der Waals surface area contributed by atoms with E-state index in [1.54, 1.807) is 4.90 Å². The van der Waals surface area contributed by atoms with Crippen LogP contribution in [0.25, 0.3) is 0 Å². The highest BCUT2D eigenvalue weighted by molar-refractivity contribution is 9.10. The molecule has 0 fully saturated rings. The number of amides is 2. The lowest BCUT2D eigenvalue weighted by Gasteiger charge is -2.22. The fourth-order valence-corrected chi connectivity index (χ4v) is 4.99. The molecule has 2 amide bonds. The number of aromatic nitrogens is 1. The molecule has 1 aromatic carbocycles. The SMILES string of the molecule is [B]c1cc2c(cc1Br)CN(C(=O)NCCCc1ccc3c(n1)NCCC3)CCC2CC(=O)O. The minimum absolute atomic E-state index is 0.0200. The molecular weight excluding hydrogens is 483 g/mol. The van der Waals surface area contributed by atoms with E-state index < -0.39 is 5.97 Å². The molecule has 4 rings (SSSR count). The summed E-state index contributed by atoms with van der Waals surface area (Å²) in [5, 5.41) is 15.7. The van der Waals surface area contributed by atoms with Crippen LogP contribution in [0.2, 0.25) is 0 Å². The number of fused-ring (bicyclic) bond motifs is 2. The van der Waals surface area contributed by atoms with Crippen LogP contribution in [0.3, 0.4) is 0 Å². The number of hydrogen-bond donors (Lipinski definition) is 3. The van der Waals surface area contributed by atoms with E-state index in [1.165, 1.54) is 5.56 Å². The summed E-state index contributed by atoms with van der Waals surface area (Å²) in [5.41, 5.74) is 4.73. The fraction of sp³-hybridized carbons (Fsp3) is 0.458. The van der Waals surface area contributed by atoms with Crippen molar-refractivity contribution in [2.24, 2.45) is 0 Å². The molecule has 1 aromatic heterocycles. The van der Waals surface area contributed by atoms with Crippen molar-refractivity contribution in [3.8, 4) is 0 Å². The minimum atomic E-state index is -0.851. The van der Waals surface area contributed by atoms with E-state index in [0.29, 0.717) is 31.5 Å². The van der Waals surface area contributed by atoms with Crippen molar-refractivity contribution in [3.05, 3.63) is 51.1 Å². The average Bonchev–Trinajstić information content (AvgIpc) is 2.96. The van der Waals surface area contributed by atoms with Gasteiger partial charge in [0.15, 0.2) is 0 Å². The Labute approximate surface area is 203 Å². The number of carboxylic acid groups (broad SMARTS) is 1. The topological polar surface area (TPSA) is 94.6 Å². The molecule has 2 aliphatic rings. The zero-order chi connectivity index (χ0) is 23.4. The summed E-state index contributed by atoms with van der Waals surface area (Å²) in [5.74, 6) is -0.0283. The summed E-state index contributed by atoms with van der Waals surface area (Å²) < 4.78 is 0.754. The molecule has 172 valence electrons. The van der Waals surface area contributed by atoms with Crippen LogP contribution in [-0.4, -0.2) is 54.5 Å². The number of rotatable bonds is 6. The second kappa shape index (κ2) is 10.6. The van der Waals surface area contributed by atoms with Crippen molar-refractivity contribution in [1.82, 2.24) is 15.2 Å². The number of aryl methyl sites for hydroxylation is 2. The number of benzene rings is 1. The predicted octanol–water partition coefficient (Wildman–Crippen LogP) is 3.10. The third-order valence-electron chi connectivity index (χ3n) is 6.35. The highest BCUT2D eigenvalue weighted by Gasteiger charge is 2.27. The number of carbonyl (C=O) groups is 2. The molecular formula is C24H28BBrN4O3. The first kappa shape index (κ1) is 23.6. The van der Waals surface area contributed by atoms with Gasteiger partial charge in [0, 0.05) is 36.3 Å². The lowest BCUT2D eigenvalue weighted by Crippen LogP contribution is -2.40. The van der Waals surface area contributed by atoms with Crippen LogP contribution in [-0.2, 0) is 24.2 Å². The van der Waals surface area contributed by atoms with Gasteiger partial charge in [-0.25, -0.2) is 9.78 Å². The molecule has 0 aliphatic carbocycles. The van der Waals surface area contributed by atoms with Gasteiger partial charge in [0.05, 0.1) is 6.42 Å². The number of urea groups is 1.